The van der Waals surface area contributed by atoms with Gasteiger partial charge in [-0.05, 0) is 31.2 Å². The van der Waals surface area contributed by atoms with E-state index in [2.05, 4.69) is 9.97 Å². The van der Waals surface area contributed by atoms with Gasteiger partial charge in [0, 0.05) is 16.8 Å². The lowest BCUT2D eigenvalue weighted by Crippen LogP contribution is -2.19. The summed E-state index contributed by atoms with van der Waals surface area (Å²) in [6.07, 6.45) is 3.09. The van der Waals surface area contributed by atoms with E-state index < -0.39 is 11.5 Å². The summed E-state index contributed by atoms with van der Waals surface area (Å²) in [4.78, 5) is 32.4. The molecule has 8 heteroatoms. The van der Waals surface area contributed by atoms with E-state index >= 15 is 0 Å². The van der Waals surface area contributed by atoms with E-state index in [0.717, 1.165) is 11.4 Å². The number of carboxylic acids is 1. The number of rotatable bonds is 4. The normalized spacial score (nSPS) is 11.4. The highest BCUT2D eigenvalue weighted by molar-refractivity contribution is 7.15. The van der Waals surface area contributed by atoms with Gasteiger partial charge in [-0.3, -0.25) is 19.0 Å². The molecule has 0 aromatic carbocycles. The van der Waals surface area contributed by atoms with Crippen LogP contribution in [0.25, 0.3) is 17.1 Å². The molecule has 0 fully saturated rings. The first-order valence-corrected chi connectivity index (χ1v) is 8.23. The fourth-order valence-electron chi connectivity index (χ4n) is 2.21. The average molecular weight is 362 g/mol. The monoisotopic (exact) mass is 361 g/mol. The average Bonchev–Trinajstić information content (AvgIpc) is 2.91. The van der Waals surface area contributed by atoms with E-state index in [0.29, 0.717) is 16.3 Å². The van der Waals surface area contributed by atoms with E-state index in [4.69, 9.17) is 16.7 Å². The van der Waals surface area contributed by atoms with Crippen LogP contribution < -0.4 is 5.56 Å². The Morgan fingerprint density at radius 2 is 2.17 bits per heavy atom. The third kappa shape index (κ3) is 3.22. The van der Waals surface area contributed by atoms with E-state index in [1.807, 2.05) is 25.1 Å². The Morgan fingerprint density at radius 3 is 2.88 bits per heavy atom. The number of aliphatic carboxylic acids is 1. The van der Waals surface area contributed by atoms with Crippen LogP contribution in [-0.2, 0) is 11.2 Å². The predicted molar refractivity (Wildman–Crippen MR) is 93.6 cm³/mol. The number of aromatic nitrogens is 3. The number of aryl methyl sites for hydroxylation is 1. The van der Waals surface area contributed by atoms with Crippen LogP contribution in [0.5, 0.6) is 0 Å². The number of halogens is 1. The minimum atomic E-state index is -1.02. The number of hydrogen-bond donors (Lipinski definition) is 1. The topological polar surface area (TPSA) is 84.6 Å². The zero-order valence-electron chi connectivity index (χ0n) is 12.6. The summed E-state index contributed by atoms with van der Waals surface area (Å²) in [6, 6.07) is 5.60. The Kier molecular flexibility index (Phi) is 4.46. The van der Waals surface area contributed by atoms with Gasteiger partial charge in [-0.25, -0.2) is 4.98 Å². The van der Waals surface area contributed by atoms with Crippen molar-refractivity contribution in [2.75, 3.05) is 0 Å². The Balaban J connectivity index is 2.05. The van der Waals surface area contributed by atoms with Gasteiger partial charge in [0.15, 0.2) is 4.96 Å². The third-order valence-corrected chi connectivity index (χ3v) is 4.49. The molecule has 122 valence electrons. The first-order chi connectivity index (χ1) is 11.5. The number of carbonyl (C=O) groups is 1. The summed E-state index contributed by atoms with van der Waals surface area (Å²) >= 11 is 7.32. The molecule has 0 atom stereocenters. The molecule has 3 aromatic rings. The molecule has 24 heavy (non-hydrogen) atoms. The summed E-state index contributed by atoms with van der Waals surface area (Å²) in [5, 5.41) is 10.5. The molecule has 1 N–H and O–H groups in total. The molecule has 0 spiro atoms. The molecule has 3 heterocycles. The van der Waals surface area contributed by atoms with Crippen LogP contribution in [0.15, 0.2) is 28.4 Å². The first kappa shape index (κ1) is 16.4. The number of thiazole rings is 1. The quantitative estimate of drug-likeness (QED) is 0.772. The Morgan fingerprint density at radius 1 is 1.38 bits per heavy atom. The van der Waals surface area contributed by atoms with Gasteiger partial charge in [0.2, 0.25) is 0 Å². The van der Waals surface area contributed by atoms with Crippen molar-refractivity contribution >= 4 is 46.0 Å². The molecule has 6 nitrogen and oxygen atoms in total. The van der Waals surface area contributed by atoms with Crippen LogP contribution in [0, 0.1) is 6.92 Å². The van der Waals surface area contributed by atoms with Gasteiger partial charge in [-0.1, -0.05) is 17.7 Å². The molecule has 0 aliphatic heterocycles. The Labute approximate surface area is 145 Å². The summed E-state index contributed by atoms with van der Waals surface area (Å²) in [6.45, 7) is 1.89. The molecular formula is C16H12ClN3O3S. The second-order valence-corrected chi connectivity index (χ2v) is 6.28. The molecule has 0 saturated heterocycles. The van der Waals surface area contributed by atoms with E-state index in [1.165, 1.54) is 15.7 Å². The van der Waals surface area contributed by atoms with Gasteiger partial charge in [-0.2, -0.15) is 0 Å². The molecule has 3 rings (SSSR count). The van der Waals surface area contributed by atoms with Crippen LogP contribution in [-0.4, -0.2) is 25.4 Å². The van der Waals surface area contributed by atoms with Gasteiger partial charge < -0.3 is 5.11 Å². The number of pyridine rings is 1. The number of nitrogens with zero attached hydrogens (tertiary/aromatic N) is 3. The van der Waals surface area contributed by atoms with Crippen molar-refractivity contribution in [1.82, 2.24) is 14.4 Å². The van der Waals surface area contributed by atoms with Gasteiger partial charge >= 0.3 is 5.97 Å². The maximum Gasteiger partial charge on any atom is 0.309 e. The second-order valence-electron chi connectivity index (χ2n) is 5.07. The fourth-order valence-corrected chi connectivity index (χ4v) is 3.29. The minimum Gasteiger partial charge on any atom is -0.481 e. The van der Waals surface area contributed by atoms with Gasteiger partial charge in [0.25, 0.3) is 5.56 Å². The maximum atomic E-state index is 12.4. The van der Waals surface area contributed by atoms with Gasteiger partial charge in [0.1, 0.15) is 5.02 Å². The van der Waals surface area contributed by atoms with Crippen molar-refractivity contribution < 1.29 is 9.90 Å². The highest BCUT2D eigenvalue weighted by Gasteiger charge is 2.15. The summed E-state index contributed by atoms with van der Waals surface area (Å²) in [7, 11) is 0. The van der Waals surface area contributed by atoms with Crippen molar-refractivity contribution in [2.45, 2.75) is 13.3 Å². The smallest absolute Gasteiger partial charge is 0.309 e. The molecule has 3 aromatic heterocycles. The van der Waals surface area contributed by atoms with Crippen LogP contribution in [0.2, 0.25) is 5.02 Å². The summed E-state index contributed by atoms with van der Waals surface area (Å²) < 4.78 is 1.24. The molecule has 0 amide bonds. The number of hydrogen-bond acceptors (Lipinski definition) is 5. The first-order valence-electron chi connectivity index (χ1n) is 6.98. The van der Waals surface area contributed by atoms with E-state index in [-0.39, 0.29) is 11.4 Å². The second kappa shape index (κ2) is 6.54. The lowest BCUT2D eigenvalue weighted by Gasteiger charge is -2.02. The largest absolute Gasteiger partial charge is 0.481 e. The zero-order valence-corrected chi connectivity index (χ0v) is 14.1. The van der Waals surface area contributed by atoms with E-state index in [1.54, 1.807) is 17.5 Å². The molecular weight excluding hydrogens is 350 g/mol. The zero-order chi connectivity index (χ0) is 17.3. The molecule has 0 radical (unpaired) electrons. The maximum absolute atomic E-state index is 12.4. The molecule has 0 aliphatic carbocycles. The number of carboxylic acid groups (broad SMARTS) is 1. The Bertz CT molecular complexity index is 1020. The molecule has 0 aliphatic rings. The standard InChI is InChI=1S/C16H12ClN3O3S/c1-9-3-2-4-10(18-9)5-6-12-14(17)15(23)20-11(7-13(21)22)8-24-16(20)19-12/h2-6,8H,7H2,1H3,(H,21,22). The van der Waals surface area contributed by atoms with Gasteiger partial charge in [-0.15, -0.1) is 11.3 Å². The highest BCUT2D eigenvalue weighted by atomic mass is 35.5. The SMILES string of the molecule is Cc1cccc(C=Cc2nc3scc(CC(=O)O)n3c(=O)c2Cl)n1. The lowest BCUT2D eigenvalue weighted by atomic mass is 10.2. The van der Waals surface area contributed by atoms with Crippen molar-refractivity contribution in [1.29, 1.82) is 0 Å². The van der Waals surface area contributed by atoms with Crippen LogP contribution in [0.1, 0.15) is 22.8 Å². The van der Waals surface area contributed by atoms with Gasteiger partial charge in [0.05, 0.1) is 17.8 Å². The summed E-state index contributed by atoms with van der Waals surface area (Å²) in [5.41, 5.74) is 1.82. The predicted octanol–water partition coefficient (Wildman–Crippen LogP) is 2.91. The molecule has 0 saturated carbocycles. The fraction of sp³-hybridized carbons (Fsp3) is 0.125. The van der Waals surface area contributed by atoms with E-state index in [9.17, 15) is 9.59 Å². The van der Waals surface area contributed by atoms with Crippen LogP contribution in [0.3, 0.4) is 0 Å². The number of fused-ring (bicyclic) bond motifs is 1. The van der Waals surface area contributed by atoms with Crippen molar-refractivity contribution in [2.24, 2.45) is 0 Å². The molecule has 0 bridgehead atoms. The Hall–Kier alpha value is -2.51. The van der Waals surface area contributed by atoms with Crippen LogP contribution in [0.4, 0.5) is 0 Å². The van der Waals surface area contributed by atoms with Crippen molar-refractivity contribution in [3.8, 4) is 0 Å². The van der Waals surface area contributed by atoms with Crippen molar-refractivity contribution in [3.63, 3.8) is 0 Å². The van der Waals surface area contributed by atoms with Crippen molar-refractivity contribution in [3.05, 3.63) is 61.7 Å². The third-order valence-electron chi connectivity index (χ3n) is 3.26. The summed E-state index contributed by atoms with van der Waals surface area (Å²) in [5.74, 6) is -1.02. The lowest BCUT2D eigenvalue weighted by molar-refractivity contribution is -0.136. The molecule has 0 unspecified atom stereocenters. The highest BCUT2D eigenvalue weighted by Crippen LogP contribution is 2.19. The van der Waals surface area contributed by atoms with Crippen LogP contribution >= 0.6 is 22.9 Å². The minimum absolute atomic E-state index is 0.0542.